The van der Waals surface area contributed by atoms with Crippen molar-refractivity contribution in [1.29, 1.82) is 0 Å². The van der Waals surface area contributed by atoms with Crippen LogP contribution >= 0.6 is 0 Å². The maximum Gasteiger partial charge on any atom is 0.500 e. The summed E-state index contributed by atoms with van der Waals surface area (Å²) in [5.41, 5.74) is 0. The van der Waals surface area contributed by atoms with Gasteiger partial charge in [0.05, 0.1) is 13.2 Å². The number of urea groups is 1. The fourth-order valence-corrected chi connectivity index (χ4v) is 3.45. The van der Waals surface area contributed by atoms with Crippen molar-refractivity contribution in [1.82, 2.24) is 10.2 Å². The first kappa shape index (κ1) is 19.3. The normalized spacial score (nSPS) is 11.4. The average Bonchev–Trinajstić information content (AvgIpc) is 2.48. The first-order chi connectivity index (χ1) is 9.59. The van der Waals surface area contributed by atoms with Gasteiger partial charge in [-0.25, -0.2) is 4.79 Å². The van der Waals surface area contributed by atoms with Crippen LogP contribution in [0.25, 0.3) is 0 Å². The number of nitrogens with one attached hydrogen (secondary N) is 1. The standard InChI is InChI=1S/C11H26N2O6Si/c1-17-20(18-2,19-3)10-4-5-12-11(16)13(6-8-14)7-9-15/h14-15H,4-10H2,1-3H3,(H,12,16). The molecule has 0 radical (unpaired) electrons. The molecular weight excluding hydrogens is 284 g/mol. The maximum atomic E-state index is 11.8. The molecule has 0 aromatic rings. The first-order valence-electron chi connectivity index (χ1n) is 6.49. The molecule has 0 fully saturated rings. The number of carbonyl (C=O) groups is 1. The lowest BCUT2D eigenvalue weighted by Gasteiger charge is -2.25. The molecule has 0 atom stereocenters. The van der Waals surface area contributed by atoms with Crippen LogP contribution in [0, 0.1) is 0 Å². The Hall–Kier alpha value is -0.713. The smallest absolute Gasteiger partial charge is 0.395 e. The van der Waals surface area contributed by atoms with Crippen LogP contribution in [-0.4, -0.2) is 84.1 Å². The summed E-state index contributed by atoms with van der Waals surface area (Å²) in [6.07, 6.45) is 0.652. The third-order valence-electron chi connectivity index (χ3n) is 2.90. The largest absolute Gasteiger partial charge is 0.500 e. The van der Waals surface area contributed by atoms with Gasteiger partial charge in [0.1, 0.15) is 0 Å². The minimum absolute atomic E-state index is 0.138. The molecule has 0 bridgehead atoms. The highest BCUT2D eigenvalue weighted by atomic mass is 28.4. The van der Waals surface area contributed by atoms with E-state index in [-0.39, 0.29) is 32.3 Å². The molecule has 0 spiro atoms. The van der Waals surface area contributed by atoms with E-state index in [1.54, 1.807) is 21.3 Å². The van der Waals surface area contributed by atoms with Gasteiger partial charge >= 0.3 is 14.8 Å². The lowest BCUT2D eigenvalue weighted by Crippen LogP contribution is -2.45. The topological polar surface area (TPSA) is 100 Å². The van der Waals surface area contributed by atoms with E-state index in [0.29, 0.717) is 19.0 Å². The number of nitrogens with zero attached hydrogens (tertiary/aromatic N) is 1. The molecule has 2 amide bonds. The molecular formula is C11H26N2O6Si. The van der Waals surface area contributed by atoms with Crippen LogP contribution in [0.1, 0.15) is 6.42 Å². The SMILES string of the molecule is CO[Si](CCCNC(=O)N(CCO)CCO)(OC)OC. The second kappa shape index (κ2) is 11.0. The van der Waals surface area contributed by atoms with E-state index in [2.05, 4.69) is 5.32 Å². The van der Waals surface area contributed by atoms with Crippen LogP contribution in [0.3, 0.4) is 0 Å². The fraction of sp³-hybridized carbons (Fsp3) is 0.909. The zero-order valence-corrected chi connectivity index (χ0v) is 13.4. The predicted molar refractivity (Wildman–Crippen MR) is 75.3 cm³/mol. The Balaban J connectivity index is 4.06. The third kappa shape index (κ3) is 6.64. The van der Waals surface area contributed by atoms with Gasteiger partial charge in [-0.2, -0.15) is 0 Å². The van der Waals surface area contributed by atoms with Crippen molar-refractivity contribution in [2.24, 2.45) is 0 Å². The van der Waals surface area contributed by atoms with Crippen molar-refractivity contribution in [3.8, 4) is 0 Å². The lowest BCUT2D eigenvalue weighted by molar-refractivity contribution is 0.122. The number of aliphatic hydroxyl groups is 2. The van der Waals surface area contributed by atoms with Gasteiger partial charge in [-0.15, -0.1) is 0 Å². The number of hydrogen-bond acceptors (Lipinski definition) is 6. The van der Waals surface area contributed by atoms with Crippen molar-refractivity contribution in [2.75, 3.05) is 54.2 Å². The molecule has 3 N–H and O–H groups in total. The van der Waals surface area contributed by atoms with Crippen LogP contribution in [0.2, 0.25) is 6.04 Å². The van der Waals surface area contributed by atoms with Crippen LogP contribution in [0.15, 0.2) is 0 Å². The van der Waals surface area contributed by atoms with E-state index < -0.39 is 8.80 Å². The van der Waals surface area contributed by atoms with Gasteiger partial charge in [-0.3, -0.25) is 0 Å². The highest BCUT2D eigenvalue weighted by molar-refractivity contribution is 6.60. The Morgan fingerprint density at radius 2 is 1.60 bits per heavy atom. The summed E-state index contributed by atoms with van der Waals surface area (Å²) in [6, 6.07) is 0.282. The van der Waals surface area contributed by atoms with Crippen molar-refractivity contribution in [3.05, 3.63) is 0 Å². The van der Waals surface area contributed by atoms with Crippen LogP contribution in [0.5, 0.6) is 0 Å². The van der Waals surface area contributed by atoms with Gasteiger partial charge in [0.25, 0.3) is 0 Å². The van der Waals surface area contributed by atoms with Crippen molar-refractivity contribution < 1.29 is 28.3 Å². The molecule has 120 valence electrons. The van der Waals surface area contributed by atoms with E-state index in [1.807, 2.05) is 0 Å². The number of amides is 2. The van der Waals surface area contributed by atoms with Gasteiger partial charge in [-0.05, 0) is 6.42 Å². The van der Waals surface area contributed by atoms with Gasteiger partial charge < -0.3 is 33.7 Å². The van der Waals surface area contributed by atoms with E-state index in [9.17, 15) is 4.79 Å². The van der Waals surface area contributed by atoms with Crippen LogP contribution in [0.4, 0.5) is 4.79 Å². The molecule has 0 aliphatic rings. The van der Waals surface area contributed by atoms with Crippen molar-refractivity contribution >= 4 is 14.8 Å². The molecule has 0 saturated carbocycles. The lowest BCUT2D eigenvalue weighted by atomic mass is 10.4. The number of rotatable bonds is 11. The van der Waals surface area contributed by atoms with E-state index in [0.717, 1.165) is 0 Å². The minimum atomic E-state index is -2.59. The Kier molecular flexibility index (Phi) is 10.6. The Morgan fingerprint density at radius 1 is 1.10 bits per heavy atom. The molecule has 0 unspecified atom stereocenters. The monoisotopic (exact) mass is 310 g/mol. The van der Waals surface area contributed by atoms with E-state index in [4.69, 9.17) is 23.5 Å². The fourth-order valence-electron chi connectivity index (χ4n) is 1.72. The summed E-state index contributed by atoms with van der Waals surface area (Å²) in [5.74, 6) is 0. The molecule has 0 aromatic carbocycles. The summed E-state index contributed by atoms with van der Waals surface area (Å²) in [7, 11) is 2.04. The van der Waals surface area contributed by atoms with E-state index >= 15 is 0 Å². The summed E-state index contributed by atoms with van der Waals surface area (Å²) < 4.78 is 15.8. The number of carbonyl (C=O) groups excluding carboxylic acids is 1. The molecule has 20 heavy (non-hydrogen) atoms. The highest BCUT2D eigenvalue weighted by Gasteiger charge is 2.36. The van der Waals surface area contributed by atoms with Crippen LogP contribution < -0.4 is 5.32 Å². The minimum Gasteiger partial charge on any atom is -0.395 e. The zero-order valence-electron chi connectivity index (χ0n) is 12.4. The molecule has 0 rings (SSSR count). The summed E-state index contributed by atoms with van der Waals surface area (Å²) in [4.78, 5) is 13.1. The van der Waals surface area contributed by atoms with Gasteiger partial charge in [-0.1, -0.05) is 0 Å². The quantitative estimate of drug-likeness (QED) is 0.343. The van der Waals surface area contributed by atoms with Crippen LogP contribution in [-0.2, 0) is 13.3 Å². The molecule has 9 heteroatoms. The molecule has 0 saturated heterocycles. The highest BCUT2D eigenvalue weighted by Crippen LogP contribution is 2.14. The van der Waals surface area contributed by atoms with Gasteiger partial charge in [0.2, 0.25) is 0 Å². The number of aliphatic hydroxyl groups excluding tert-OH is 2. The Labute approximate surface area is 121 Å². The first-order valence-corrected chi connectivity index (χ1v) is 8.42. The zero-order chi connectivity index (χ0) is 15.4. The maximum absolute atomic E-state index is 11.8. The second-order valence-corrected chi connectivity index (χ2v) is 7.16. The molecule has 0 heterocycles. The van der Waals surface area contributed by atoms with Gasteiger partial charge in [0, 0.05) is 47.0 Å². The second-order valence-electron chi connectivity index (χ2n) is 4.07. The Morgan fingerprint density at radius 3 is 2.00 bits per heavy atom. The molecule has 0 aliphatic heterocycles. The van der Waals surface area contributed by atoms with Gasteiger partial charge in [0.15, 0.2) is 0 Å². The summed E-state index contributed by atoms with van der Waals surface area (Å²) >= 11 is 0. The third-order valence-corrected chi connectivity index (χ3v) is 5.73. The predicted octanol–water partition coefficient (Wildman–Crippen LogP) is -0.749. The van der Waals surface area contributed by atoms with E-state index in [1.165, 1.54) is 4.90 Å². The molecule has 0 aliphatic carbocycles. The Bertz CT molecular complexity index is 251. The summed E-state index contributed by atoms with van der Waals surface area (Å²) in [5, 5.41) is 20.4. The number of hydrogen-bond donors (Lipinski definition) is 3. The average molecular weight is 310 g/mol. The molecule has 8 nitrogen and oxygen atoms in total. The molecule has 0 aromatic heterocycles. The van der Waals surface area contributed by atoms with Crippen molar-refractivity contribution in [2.45, 2.75) is 12.5 Å². The summed E-state index contributed by atoms with van der Waals surface area (Å²) in [6.45, 7) is 0.552. The van der Waals surface area contributed by atoms with Crippen molar-refractivity contribution in [3.63, 3.8) is 0 Å².